The molecule has 4 rings (SSSR count). The topological polar surface area (TPSA) is 94.0 Å². The van der Waals surface area contributed by atoms with E-state index in [2.05, 4.69) is 21.9 Å². The Morgan fingerprint density at radius 1 is 1.16 bits per heavy atom. The van der Waals surface area contributed by atoms with E-state index in [4.69, 9.17) is 0 Å². The van der Waals surface area contributed by atoms with Crippen molar-refractivity contribution >= 4 is 33.4 Å². The molecule has 0 spiro atoms. The molecule has 2 aromatic heterocycles. The number of amides is 1. The molecule has 0 aliphatic rings. The first-order valence-electron chi connectivity index (χ1n) is 9.79. The van der Waals surface area contributed by atoms with Gasteiger partial charge in [0.1, 0.15) is 0 Å². The molecule has 0 aliphatic carbocycles. The number of benzene rings is 2. The molecule has 2 heterocycles. The standard InChI is InChI=1S/C24H20N4O3S/c1-3-21(29)26-19-10-7-11-20(14-19)28-22-18(15-25-24(27-22)32(2)31)13-17(23(28)30)12-16-8-5-4-6-9-16/h3-11,13-15H,1,12H2,2H3,(H,26,29). The summed E-state index contributed by atoms with van der Waals surface area (Å²) in [6.45, 7) is 3.46. The van der Waals surface area contributed by atoms with E-state index in [1.54, 1.807) is 36.5 Å². The van der Waals surface area contributed by atoms with Crippen molar-refractivity contribution in [2.24, 2.45) is 0 Å². The van der Waals surface area contributed by atoms with Crippen molar-refractivity contribution in [2.75, 3.05) is 11.6 Å². The zero-order chi connectivity index (χ0) is 22.7. The third kappa shape index (κ3) is 4.40. The summed E-state index contributed by atoms with van der Waals surface area (Å²) in [6, 6.07) is 18.3. The number of nitrogens with zero attached hydrogens (tertiary/aromatic N) is 3. The van der Waals surface area contributed by atoms with Crippen molar-refractivity contribution < 1.29 is 9.00 Å². The molecule has 0 bridgehead atoms. The number of fused-ring (bicyclic) bond motifs is 1. The van der Waals surface area contributed by atoms with Crippen LogP contribution in [0.25, 0.3) is 16.7 Å². The van der Waals surface area contributed by atoms with Crippen LogP contribution in [-0.2, 0) is 22.0 Å². The molecule has 1 unspecified atom stereocenters. The average molecular weight is 445 g/mol. The fourth-order valence-corrected chi connectivity index (χ4v) is 3.79. The second-order valence-corrected chi connectivity index (χ2v) is 8.38. The monoisotopic (exact) mass is 444 g/mol. The highest BCUT2D eigenvalue weighted by Gasteiger charge is 2.15. The number of hydrogen-bond donors (Lipinski definition) is 1. The van der Waals surface area contributed by atoms with Gasteiger partial charge in [-0.3, -0.25) is 18.4 Å². The summed E-state index contributed by atoms with van der Waals surface area (Å²) in [6.07, 6.45) is 4.67. The van der Waals surface area contributed by atoms with Crippen LogP contribution in [-0.4, -0.2) is 30.9 Å². The maximum absolute atomic E-state index is 13.6. The number of carbonyl (C=O) groups is 1. The number of pyridine rings is 1. The summed E-state index contributed by atoms with van der Waals surface area (Å²) in [5, 5.41) is 3.48. The van der Waals surface area contributed by atoms with Crippen molar-refractivity contribution in [3.8, 4) is 5.69 Å². The summed E-state index contributed by atoms with van der Waals surface area (Å²) < 4.78 is 13.4. The summed E-state index contributed by atoms with van der Waals surface area (Å²) in [4.78, 5) is 33.9. The van der Waals surface area contributed by atoms with E-state index < -0.39 is 10.8 Å². The van der Waals surface area contributed by atoms with Gasteiger partial charge >= 0.3 is 0 Å². The Bertz CT molecular complexity index is 1410. The van der Waals surface area contributed by atoms with Gasteiger partial charge in [-0.1, -0.05) is 43.0 Å². The Morgan fingerprint density at radius 3 is 2.66 bits per heavy atom. The van der Waals surface area contributed by atoms with Crippen LogP contribution in [0.15, 0.2) is 89.5 Å². The number of rotatable bonds is 6. The Kier molecular flexibility index (Phi) is 6.04. The predicted molar refractivity (Wildman–Crippen MR) is 126 cm³/mol. The molecule has 4 aromatic rings. The van der Waals surface area contributed by atoms with Gasteiger partial charge in [0.25, 0.3) is 5.56 Å². The van der Waals surface area contributed by atoms with Gasteiger partial charge < -0.3 is 5.32 Å². The summed E-state index contributed by atoms with van der Waals surface area (Å²) in [5.41, 5.74) is 2.68. The zero-order valence-electron chi connectivity index (χ0n) is 17.3. The Morgan fingerprint density at radius 2 is 1.94 bits per heavy atom. The lowest BCUT2D eigenvalue weighted by atomic mass is 10.1. The fourth-order valence-electron chi connectivity index (χ4n) is 3.37. The fraction of sp³-hybridized carbons (Fsp3) is 0.0833. The number of aromatic nitrogens is 3. The lowest BCUT2D eigenvalue weighted by Gasteiger charge is -2.14. The second kappa shape index (κ2) is 9.07. The van der Waals surface area contributed by atoms with Crippen LogP contribution in [0, 0.1) is 0 Å². The lowest BCUT2D eigenvalue weighted by Crippen LogP contribution is -2.24. The first-order chi connectivity index (χ1) is 15.5. The van der Waals surface area contributed by atoms with Crippen LogP contribution in [0.1, 0.15) is 11.1 Å². The summed E-state index contributed by atoms with van der Waals surface area (Å²) in [5.74, 6) is -0.358. The van der Waals surface area contributed by atoms with E-state index >= 15 is 0 Å². The molecule has 1 N–H and O–H groups in total. The van der Waals surface area contributed by atoms with Crippen LogP contribution in [0.2, 0.25) is 0 Å². The minimum absolute atomic E-state index is 0.137. The molecule has 0 radical (unpaired) electrons. The molecule has 8 heteroatoms. The number of carbonyl (C=O) groups excluding carboxylic acids is 1. The van der Waals surface area contributed by atoms with Gasteiger partial charge in [0.05, 0.1) is 16.5 Å². The van der Waals surface area contributed by atoms with Gasteiger partial charge in [-0.05, 0) is 35.9 Å². The number of anilines is 1. The Labute approximate surface area is 186 Å². The molecule has 1 amide bonds. The smallest absolute Gasteiger partial charge is 0.260 e. The van der Waals surface area contributed by atoms with Crippen molar-refractivity contribution in [1.29, 1.82) is 0 Å². The number of nitrogens with one attached hydrogen (secondary N) is 1. The van der Waals surface area contributed by atoms with E-state index in [1.807, 2.05) is 30.3 Å². The summed E-state index contributed by atoms with van der Waals surface area (Å²) in [7, 11) is -1.41. The molecular formula is C24H20N4O3S. The first kappa shape index (κ1) is 21.3. The largest absolute Gasteiger partial charge is 0.322 e. The van der Waals surface area contributed by atoms with Crippen LogP contribution in [0.3, 0.4) is 0 Å². The van der Waals surface area contributed by atoms with Gasteiger partial charge in [-0.15, -0.1) is 0 Å². The summed E-state index contributed by atoms with van der Waals surface area (Å²) >= 11 is 0. The second-order valence-electron chi connectivity index (χ2n) is 7.10. The quantitative estimate of drug-likeness (QED) is 0.364. The predicted octanol–water partition coefficient (Wildman–Crippen LogP) is 3.23. The number of hydrogen-bond acceptors (Lipinski definition) is 5. The lowest BCUT2D eigenvalue weighted by molar-refractivity contribution is -0.111. The molecule has 32 heavy (non-hydrogen) atoms. The van der Waals surface area contributed by atoms with Crippen LogP contribution in [0.5, 0.6) is 0 Å². The Balaban J connectivity index is 1.95. The van der Waals surface area contributed by atoms with E-state index in [0.717, 1.165) is 5.56 Å². The third-order valence-electron chi connectivity index (χ3n) is 4.84. The van der Waals surface area contributed by atoms with Crippen molar-refractivity contribution in [1.82, 2.24) is 14.5 Å². The van der Waals surface area contributed by atoms with E-state index in [1.165, 1.54) is 16.9 Å². The van der Waals surface area contributed by atoms with Crippen LogP contribution >= 0.6 is 0 Å². The van der Waals surface area contributed by atoms with Gasteiger partial charge in [-0.25, -0.2) is 9.97 Å². The molecule has 2 aromatic carbocycles. The highest BCUT2D eigenvalue weighted by atomic mass is 32.2. The van der Waals surface area contributed by atoms with Crippen molar-refractivity contribution in [3.63, 3.8) is 0 Å². The minimum atomic E-state index is -1.41. The molecule has 0 fully saturated rings. The van der Waals surface area contributed by atoms with Gasteiger partial charge in [-0.2, -0.15) is 0 Å². The van der Waals surface area contributed by atoms with Gasteiger partial charge in [0.15, 0.2) is 5.65 Å². The average Bonchev–Trinajstić information content (AvgIpc) is 2.80. The van der Waals surface area contributed by atoms with E-state index in [-0.39, 0.29) is 16.6 Å². The van der Waals surface area contributed by atoms with Crippen molar-refractivity contribution in [3.05, 3.63) is 101 Å². The molecular weight excluding hydrogens is 424 g/mol. The molecule has 1 atom stereocenters. The Hall–Kier alpha value is -3.91. The molecule has 7 nitrogen and oxygen atoms in total. The van der Waals surface area contributed by atoms with E-state index in [9.17, 15) is 13.8 Å². The maximum atomic E-state index is 13.6. The van der Waals surface area contributed by atoms with Gasteiger partial charge in [0, 0.05) is 35.5 Å². The maximum Gasteiger partial charge on any atom is 0.260 e. The molecule has 160 valence electrons. The SMILES string of the molecule is C=CC(=O)Nc1cccc(-n2c(=O)c(Cc3ccccc3)cc3cnc(S(C)=O)nc32)c1. The molecule has 0 aliphatic heterocycles. The van der Waals surface area contributed by atoms with Gasteiger partial charge in [0.2, 0.25) is 11.1 Å². The van der Waals surface area contributed by atoms with Crippen molar-refractivity contribution in [2.45, 2.75) is 11.6 Å². The highest BCUT2D eigenvalue weighted by molar-refractivity contribution is 7.84. The molecule has 0 saturated carbocycles. The van der Waals surface area contributed by atoms with E-state index in [0.29, 0.717) is 34.4 Å². The first-order valence-corrected chi connectivity index (χ1v) is 11.3. The highest BCUT2D eigenvalue weighted by Crippen LogP contribution is 2.20. The third-order valence-corrected chi connectivity index (χ3v) is 5.56. The zero-order valence-corrected chi connectivity index (χ0v) is 18.1. The molecule has 0 saturated heterocycles. The normalized spacial score (nSPS) is 11.8. The minimum Gasteiger partial charge on any atom is -0.322 e. The van der Waals surface area contributed by atoms with Crippen LogP contribution in [0.4, 0.5) is 5.69 Å². The van der Waals surface area contributed by atoms with Crippen LogP contribution < -0.4 is 10.9 Å².